The van der Waals surface area contributed by atoms with Gasteiger partial charge in [-0.05, 0) is 62.2 Å². The van der Waals surface area contributed by atoms with Crippen LogP contribution in [-0.2, 0) is 23.0 Å². The molecule has 0 atom stereocenters. The van der Waals surface area contributed by atoms with Crippen molar-refractivity contribution in [2.45, 2.75) is 37.8 Å². The largest absolute Gasteiger partial charge is 0.313 e. The van der Waals surface area contributed by atoms with Gasteiger partial charge in [0.05, 0.1) is 26.4 Å². The molecule has 6 rings (SSSR count). The van der Waals surface area contributed by atoms with Crippen LogP contribution in [0.1, 0.15) is 34.6 Å². The van der Waals surface area contributed by atoms with Crippen LogP contribution in [0.2, 0.25) is 0 Å². The van der Waals surface area contributed by atoms with Gasteiger partial charge in [-0.2, -0.15) is 0 Å². The number of aromatic nitrogens is 1. The van der Waals surface area contributed by atoms with Gasteiger partial charge in [0.1, 0.15) is 10.0 Å². The number of hydrogen-bond donors (Lipinski definition) is 2. The summed E-state index contributed by atoms with van der Waals surface area (Å²) in [5.41, 5.74) is 3.60. The van der Waals surface area contributed by atoms with Crippen LogP contribution in [0.3, 0.4) is 0 Å². The maximum atomic E-state index is 13.7. The first-order valence-electron chi connectivity index (χ1n) is 13.0. The molecule has 40 heavy (non-hydrogen) atoms. The standard InChI is InChI=1S/C30H28N4O3S3/c1-19(2)34-17-16-22-26(18-34)39-30(27(22)29-31-24-14-8-9-15-25(24)38-29)32-28(35)21-12-6-7-13-23(21)33-40(36,37)20-10-4-3-5-11-20/h3-15,19,33H,16-18H2,1-2H3,(H,32,35). The molecule has 2 aromatic heterocycles. The molecule has 2 N–H and O–H groups in total. The Morgan fingerprint density at radius 2 is 1.68 bits per heavy atom. The van der Waals surface area contributed by atoms with Gasteiger partial charge in [-0.25, -0.2) is 13.4 Å². The number of thiophene rings is 1. The third kappa shape index (κ3) is 5.15. The fraction of sp³-hybridized carbons (Fsp3) is 0.200. The normalized spacial score (nSPS) is 13.9. The van der Waals surface area contributed by atoms with Crippen molar-refractivity contribution >= 4 is 59.5 Å². The van der Waals surface area contributed by atoms with E-state index >= 15 is 0 Å². The van der Waals surface area contributed by atoms with E-state index in [1.807, 2.05) is 18.2 Å². The summed E-state index contributed by atoms with van der Waals surface area (Å²) in [7, 11) is -3.87. The smallest absolute Gasteiger partial charge is 0.261 e. The minimum atomic E-state index is -3.87. The van der Waals surface area contributed by atoms with Gasteiger partial charge in [0.15, 0.2) is 0 Å². The number of rotatable bonds is 7. The Balaban J connectivity index is 1.37. The van der Waals surface area contributed by atoms with Crippen molar-refractivity contribution in [1.29, 1.82) is 0 Å². The molecule has 0 unspecified atom stereocenters. The van der Waals surface area contributed by atoms with Crippen LogP contribution in [0.15, 0.2) is 83.8 Å². The molecule has 0 spiro atoms. The van der Waals surface area contributed by atoms with Crippen molar-refractivity contribution in [1.82, 2.24) is 9.88 Å². The number of amides is 1. The minimum Gasteiger partial charge on any atom is -0.313 e. The average molecular weight is 589 g/mol. The Labute approximate surface area is 241 Å². The van der Waals surface area contributed by atoms with Gasteiger partial charge in [-0.1, -0.05) is 42.5 Å². The highest BCUT2D eigenvalue weighted by atomic mass is 32.2. The predicted octanol–water partition coefficient (Wildman–Crippen LogP) is 6.84. The molecule has 1 aliphatic rings. The highest BCUT2D eigenvalue weighted by Gasteiger charge is 2.29. The van der Waals surface area contributed by atoms with Crippen molar-refractivity contribution in [3.63, 3.8) is 0 Å². The first-order chi connectivity index (χ1) is 19.3. The topological polar surface area (TPSA) is 91.4 Å². The Bertz CT molecular complexity index is 1780. The van der Waals surface area contributed by atoms with E-state index in [-0.39, 0.29) is 22.1 Å². The lowest BCUT2D eigenvalue weighted by Gasteiger charge is -2.30. The second-order valence-electron chi connectivity index (χ2n) is 9.93. The maximum absolute atomic E-state index is 13.7. The second-order valence-corrected chi connectivity index (χ2v) is 13.7. The lowest BCUT2D eigenvalue weighted by molar-refractivity contribution is 0.102. The number of fused-ring (bicyclic) bond motifs is 2. The summed E-state index contributed by atoms with van der Waals surface area (Å²) in [5, 5.41) is 4.75. The number of thiazole rings is 1. The predicted molar refractivity (Wildman–Crippen MR) is 164 cm³/mol. The molecule has 0 saturated heterocycles. The monoisotopic (exact) mass is 588 g/mol. The van der Waals surface area contributed by atoms with Crippen LogP contribution >= 0.6 is 22.7 Å². The molecule has 1 amide bonds. The van der Waals surface area contributed by atoms with Gasteiger partial charge in [0.25, 0.3) is 15.9 Å². The van der Waals surface area contributed by atoms with Gasteiger partial charge < -0.3 is 5.32 Å². The van der Waals surface area contributed by atoms with Crippen molar-refractivity contribution in [3.05, 3.63) is 94.9 Å². The molecule has 0 saturated carbocycles. The number of carbonyl (C=O) groups is 1. The van der Waals surface area contributed by atoms with Crippen LogP contribution in [0.25, 0.3) is 20.8 Å². The van der Waals surface area contributed by atoms with Crippen LogP contribution < -0.4 is 10.0 Å². The quantitative estimate of drug-likeness (QED) is 0.217. The van der Waals surface area contributed by atoms with Crippen LogP contribution in [0.4, 0.5) is 10.7 Å². The summed E-state index contributed by atoms with van der Waals surface area (Å²) < 4.78 is 29.7. The number of nitrogens with one attached hydrogen (secondary N) is 2. The number of anilines is 2. The zero-order valence-corrected chi connectivity index (χ0v) is 24.5. The summed E-state index contributed by atoms with van der Waals surface area (Å²) >= 11 is 3.20. The third-order valence-corrected chi connectivity index (χ3v) is 10.6. The molecular formula is C30H28N4O3S3. The van der Waals surface area contributed by atoms with Crippen LogP contribution in [-0.4, -0.2) is 36.8 Å². The fourth-order valence-corrected chi connectivity index (χ4v) is 8.38. The number of carbonyl (C=O) groups excluding carboxylic acids is 1. The molecule has 1 aliphatic heterocycles. The Hall–Kier alpha value is -3.57. The van der Waals surface area contributed by atoms with E-state index in [4.69, 9.17) is 4.98 Å². The average Bonchev–Trinajstić information content (AvgIpc) is 3.53. The summed E-state index contributed by atoms with van der Waals surface area (Å²) in [6.45, 7) is 6.15. The summed E-state index contributed by atoms with van der Waals surface area (Å²) in [4.78, 5) is 22.4. The number of sulfonamides is 1. The van der Waals surface area contributed by atoms with Crippen molar-refractivity contribution < 1.29 is 13.2 Å². The Kier molecular flexibility index (Phi) is 7.18. The maximum Gasteiger partial charge on any atom is 0.261 e. The van der Waals surface area contributed by atoms with E-state index in [0.29, 0.717) is 6.04 Å². The summed E-state index contributed by atoms with van der Waals surface area (Å²) in [6, 6.07) is 23.2. The van der Waals surface area contributed by atoms with E-state index in [2.05, 4.69) is 34.9 Å². The van der Waals surface area contributed by atoms with Gasteiger partial charge in [0, 0.05) is 29.6 Å². The Morgan fingerprint density at radius 1 is 0.950 bits per heavy atom. The molecule has 0 radical (unpaired) electrons. The first-order valence-corrected chi connectivity index (χ1v) is 16.1. The molecule has 7 nitrogen and oxygen atoms in total. The third-order valence-electron chi connectivity index (χ3n) is 7.02. The van der Waals surface area contributed by atoms with Gasteiger partial charge in [0.2, 0.25) is 0 Å². The molecule has 10 heteroatoms. The highest BCUT2D eigenvalue weighted by Crippen LogP contribution is 2.46. The molecule has 5 aromatic rings. The van der Waals surface area contributed by atoms with Gasteiger partial charge in [-0.3, -0.25) is 14.4 Å². The Morgan fingerprint density at radius 3 is 2.45 bits per heavy atom. The summed E-state index contributed by atoms with van der Waals surface area (Å²) in [5.74, 6) is -0.381. The molecule has 0 aliphatic carbocycles. The van der Waals surface area contributed by atoms with E-state index in [9.17, 15) is 13.2 Å². The van der Waals surface area contributed by atoms with Crippen molar-refractivity contribution in [2.24, 2.45) is 0 Å². The zero-order valence-electron chi connectivity index (χ0n) is 22.0. The highest BCUT2D eigenvalue weighted by molar-refractivity contribution is 7.92. The number of nitrogens with zero attached hydrogens (tertiary/aromatic N) is 2. The molecule has 3 aromatic carbocycles. The number of para-hydroxylation sites is 2. The number of benzene rings is 3. The molecule has 0 fully saturated rings. The SMILES string of the molecule is CC(C)N1CCc2c(sc(NC(=O)c3ccccc3NS(=O)(=O)c3ccccc3)c2-c2nc3ccccc3s2)C1. The van der Waals surface area contributed by atoms with E-state index < -0.39 is 10.0 Å². The second kappa shape index (κ2) is 10.8. The van der Waals surface area contributed by atoms with Crippen LogP contribution in [0, 0.1) is 0 Å². The lowest BCUT2D eigenvalue weighted by atomic mass is 10.0. The molecule has 3 heterocycles. The van der Waals surface area contributed by atoms with Crippen molar-refractivity contribution in [3.8, 4) is 10.6 Å². The first kappa shape index (κ1) is 26.6. The van der Waals surface area contributed by atoms with E-state index in [1.165, 1.54) is 22.6 Å². The van der Waals surface area contributed by atoms with Crippen LogP contribution in [0.5, 0.6) is 0 Å². The lowest BCUT2D eigenvalue weighted by Crippen LogP contribution is -2.35. The van der Waals surface area contributed by atoms with E-state index in [0.717, 1.165) is 45.3 Å². The fourth-order valence-electron chi connectivity index (χ4n) is 4.90. The van der Waals surface area contributed by atoms with Gasteiger partial charge >= 0.3 is 0 Å². The molecular weight excluding hydrogens is 561 g/mol. The summed E-state index contributed by atoms with van der Waals surface area (Å²) in [6.07, 6.45) is 0.874. The van der Waals surface area contributed by atoms with E-state index in [1.54, 1.807) is 65.1 Å². The number of hydrogen-bond acceptors (Lipinski definition) is 7. The van der Waals surface area contributed by atoms with Crippen molar-refractivity contribution in [2.75, 3.05) is 16.6 Å². The molecule has 0 bridgehead atoms. The zero-order chi connectivity index (χ0) is 27.9. The molecule has 204 valence electrons. The van der Waals surface area contributed by atoms with Gasteiger partial charge in [-0.15, -0.1) is 22.7 Å². The minimum absolute atomic E-state index is 0.129.